The summed E-state index contributed by atoms with van der Waals surface area (Å²) in [6.45, 7) is 10.9. The number of nitrogens with zero attached hydrogens (tertiary/aromatic N) is 2. The molecule has 0 bridgehead atoms. The lowest BCUT2D eigenvalue weighted by Gasteiger charge is -2.37. The monoisotopic (exact) mass is 405 g/mol. The van der Waals surface area contributed by atoms with Gasteiger partial charge in [-0.25, -0.2) is 0 Å². The van der Waals surface area contributed by atoms with Gasteiger partial charge in [0.25, 0.3) is 0 Å². The normalized spacial score (nSPS) is 18.0. The number of nitrogens with two attached hydrogens (primary N) is 1. The van der Waals surface area contributed by atoms with E-state index in [1.807, 2.05) is 36.9 Å². The zero-order chi connectivity index (χ0) is 17.5. The first-order valence-electron chi connectivity index (χ1n) is 8.89. The van der Waals surface area contributed by atoms with Crippen LogP contribution in [0.25, 0.3) is 0 Å². The number of morpholine rings is 1. The molecule has 0 aromatic heterocycles. The fraction of sp³-hybridized carbons (Fsp3) is 0.632. The van der Waals surface area contributed by atoms with Gasteiger partial charge in [-0.1, -0.05) is 37.3 Å². The molecule has 0 radical (unpaired) electrons. The molecule has 3 atom stereocenters. The molecule has 1 aliphatic rings. The summed E-state index contributed by atoms with van der Waals surface area (Å²) in [7, 11) is 0. The Labute approximate surface area is 170 Å². The van der Waals surface area contributed by atoms with Crippen LogP contribution in [0.5, 0.6) is 0 Å². The number of carbonyl (C=O) groups excluding carboxylic acids is 1. The smallest absolute Gasteiger partial charge is 0.227 e. The van der Waals surface area contributed by atoms with Crippen molar-refractivity contribution in [3.05, 3.63) is 35.9 Å². The molecule has 1 saturated heterocycles. The van der Waals surface area contributed by atoms with Gasteiger partial charge in [0.05, 0.1) is 19.1 Å². The van der Waals surface area contributed by atoms with Crippen molar-refractivity contribution in [1.29, 1.82) is 0 Å². The maximum Gasteiger partial charge on any atom is 0.227 e. The number of halogens is 2. The lowest BCUT2D eigenvalue weighted by Crippen LogP contribution is -2.50. The van der Waals surface area contributed by atoms with Crippen molar-refractivity contribution in [1.82, 2.24) is 9.80 Å². The highest BCUT2D eigenvalue weighted by Gasteiger charge is 2.28. The molecular weight excluding hydrogens is 373 g/mol. The highest BCUT2D eigenvalue weighted by Crippen LogP contribution is 2.16. The van der Waals surface area contributed by atoms with E-state index in [4.69, 9.17) is 10.5 Å². The summed E-state index contributed by atoms with van der Waals surface area (Å²) in [6, 6.07) is 10.1. The van der Waals surface area contributed by atoms with E-state index in [1.54, 1.807) is 0 Å². The molecule has 3 unspecified atom stereocenters. The van der Waals surface area contributed by atoms with Crippen LogP contribution in [0.4, 0.5) is 0 Å². The number of hydrogen-bond donors (Lipinski definition) is 1. The molecule has 1 amide bonds. The number of hydrogen-bond acceptors (Lipinski definition) is 4. The number of amides is 1. The van der Waals surface area contributed by atoms with Gasteiger partial charge >= 0.3 is 0 Å². The molecule has 7 heteroatoms. The van der Waals surface area contributed by atoms with Crippen molar-refractivity contribution in [3.8, 4) is 0 Å². The summed E-state index contributed by atoms with van der Waals surface area (Å²) in [5.41, 5.74) is 7.13. The summed E-state index contributed by atoms with van der Waals surface area (Å²) in [6.07, 6.45) is 0. The van der Waals surface area contributed by atoms with E-state index >= 15 is 0 Å². The average molecular weight is 406 g/mol. The second-order valence-corrected chi connectivity index (χ2v) is 6.86. The summed E-state index contributed by atoms with van der Waals surface area (Å²) >= 11 is 0. The highest BCUT2D eigenvalue weighted by molar-refractivity contribution is 5.85. The molecule has 0 spiro atoms. The van der Waals surface area contributed by atoms with Crippen LogP contribution in [0.15, 0.2) is 30.3 Å². The average Bonchev–Trinajstić information content (AvgIpc) is 2.60. The first-order chi connectivity index (χ1) is 11.5. The summed E-state index contributed by atoms with van der Waals surface area (Å²) in [4.78, 5) is 17.3. The Hall–Kier alpha value is -0.850. The Morgan fingerprint density at radius 1 is 1.15 bits per heavy atom. The number of carbonyl (C=O) groups is 1. The first-order valence-corrected chi connectivity index (χ1v) is 8.89. The van der Waals surface area contributed by atoms with E-state index < -0.39 is 0 Å². The van der Waals surface area contributed by atoms with Gasteiger partial charge in [-0.2, -0.15) is 0 Å². The Bertz CT molecular complexity index is 511. The molecular formula is C19H33Cl2N3O2. The molecule has 1 fully saturated rings. The maximum atomic E-state index is 13.0. The minimum absolute atomic E-state index is 0. The Morgan fingerprint density at radius 2 is 1.73 bits per heavy atom. The van der Waals surface area contributed by atoms with Crippen LogP contribution in [0.1, 0.15) is 26.3 Å². The number of benzene rings is 1. The molecule has 0 aliphatic carbocycles. The van der Waals surface area contributed by atoms with Gasteiger partial charge in [0.2, 0.25) is 5.91 Å². The number of rotatable bonds is 7. The SMILES string of the molecule is CC(N)C(C)C(=O)N(Cc1ccccc1)C(C)CN1CCOCC1.Cl.Cl. The van der Waals surface area contributed by atoms with Crippen LogP contribution in [0.3, 0.4) is 0 Å². The summed E-state index contributed by atoms with van der Waals surface area (Å²) < 4.78 is 5.42. The van der Waals surface area contributed by atoms with Gasteiger partial charge in [0.15, 0.2) is 0 Å². The van der Waals surface area contributed by atoms with Crippen LogP contribution < -0.4 is 5.73 Å². The third-order valence-electron chi connectivity index (χ3n) is 4.82. The quantitative estimate of drug-likeness (QED) is 0.756. The van der Waals surface area contributed by atoms with Gasteiger partial charge in [-0.15, -0.1) is 24.8 Å². The summed E-state index contributed by atoms with van der Waals surface area (Å²) in [5.74, 6) is -0.0459. The van der Waals surface area contributed by atoms with E-state index in [1.165, 1.54) is 0 Å². The van der Waals surface area contributed by atoms with E-state index in [0.717, 1.165) is 38.4 Å². The van der Waals surface area contributed by atoms with Crippen molar-refractivity contribution in [2.45, 2.75) is 39.4 Å². The van der Waals surface area contributed by atoms with E-state index in [2.05, 4.69) is 24.0 Å². The maximum absolute atomic E-state index is 13.0. The molecule has 1 heterocycles. The predicted octanol–water partition coefficient (Wildman–Crippen LogP) is 2.56. The highest BCUT2D eigenvalue weighted by atomic mass is 35.5. The van der Waals surface area contributed by atoms with Crippen LogP contribution in [0.2, 0.25) is 0 Å². The van der Waals surface area contributed by atoms with Gasteiger partial charge in [0.1, 0.15) is 0 Å². The second-order valence-electron chi connectivity index (χ2n) is 6.86. The van der Waals surface area contributed by atoms with E-state index in [9.17, 15) is 4.79 Å². The van der Waals surface area contributed by atoms with E-state index in [0.29, 0.717) is 6.54 Å². The fourth-order valence-electron chi connectivity index (χ4n) is 2.97. The molecule has 2 rings (SSSR count). The van der Waals surface area contributed by atoms with Crippen molar-refractivity contribution in [3.63, 3.8) is 0 Å². The number of ether oxygens (including phenoxy) is 1. The fourth-order valence-corrected chi connectivity index (χ4v) is 2.97. The van der Waals surface area contributed by atoms with Crippen molar-refractivity contribution < 1.29 is 9.53 Å². The lowest BCUT2D eigenvalue weighted by atomic mass is 10.0. The first kappa shape index (κ1) is 25.1. The van der Waals surface area contributed by atoms with Gasteiger partial charge in [0, 0.05) is 38.3 Å². The largest absolute Gasteiger partial charge is 0.379 e. The van der Waals surface area contributed by atoms with Crippen LogP contribution in [0, 0.1) is 5.92 Å². The minimum atomic E-state index is -0.180. The van der Waals surface area contributed by atoms with Gasteiger partial charge in [-0.3, -0.25) is 9.69 Å². The lowest BCUT2D eigenvalue weighted by molar-refractivity contribution is -0.139. The van der Waals surface area contributed by atoms with Crippen molar-refractivity contribution in [2.75, 3.05) is 32.8 Å². The topological polar surface area (TPSA) is 58.8 Å². The standard InChI is InChI=1S/C19H31N3O2.2ClH/c1-15(13-21-9-11-24-12-10-21)22(19(23)16(2)17(3)20)14-18-7-5-4-6-8-18;;/h4-8,15-17H,9-14,20H2,1-3H3;2*1H. The van der Waals surface area contributed by atoms with Crippen molar-refractivity contribution >= 4 is 30.7 Å². The molecule has 1 aromatic rings. The third-order valence-corrected chi connectivity index (χ3v) is 4.82. The Morgan fingerprint density at radius 3 is 2.27 bits per heavy atom. The van der Waals surface area contributed by atoms with Crippen LogP contribution in [-0.2, 0) is 16.1 Å². The zero-order valence-corrected chi connectivity index (χ0v) is 17.6. The van der Waals surface area contributed by atoms with Crippen LogP contribution in [-0.4, -0.2) is 60.6 Å². The third kappa shape index (κ3) is 7.41. The Kier molecular flexibility index (Phi) is 12.1. The Balaban J connectivity index is 0.00000312. The van der Waals surface area contributed by atoms with Crippen molar-refractivity contribution in [2.24, 2.45) is 11.7 Å². The van der Waals surface area contributed by atoms with E-state index in [-0.39, 0.29) is 48.7 Å². The van der Waals surface area contributed by atoms with Crippen LogP contribution >= 0.6 is 24.8 Å². The molecule has 0 saturated carbocycles. The minimum Gasteiger partial charge on any atom is -0.379 e. The summed E-state index contributed by atoms with van der Waals surface area (Å²) in [5, 5.41) is 0. The molecule has 1 aliphatic heterocycles. The van der Waals surface area contributed by atoms with Gasteiger partial charge < -0.3 is 15.4 Å². The zero-order valence-electron chi connectivity index (χ0n) is 16.0. The molecule has 150 valence electrons. The molecule has 2 N–H and O–H groups in total. The predicted molar refractivity (Wildman–Crippen MR) is 111 cm³/mol. The molecule has 5 nitrogen and oxygen atoms in total. The second kappa shape index (κ2) is 12.5. The molecule has 1 aromatic carbocycles. The molecule has 26 heavy (non-hydrogen) atoms. The van der Waals surface area contributed by atoms with Gasteiger partial charge in [-0.05, 0) is 19.4 Å².